The van der Waals surface area contributed by atoms with E-state index in [0.717, 1.165) is 36.5 Å². The van der Waals surface area contributed by atoms with Crippen molar-refractivity contribution in [3.05, 3.63) is 41.5 Å². The van der Waals surface area contributed by atoms with E-state index in [9.17, 15) is 4.79 Å². The highest BCUT2D eigenvalue weighted by molar-refractivity contribution is 5.88. The van der Waals surface area contributed by atoms with E-state index in [1.54, 1.807) is 23.1 Å². The molecule has 0 amide bonds. The number of aromatic nitrogens is 3. The van der Waals surface area contributed by atoms with Crippen LogP contribution in [0.15, 0.2) is 24.5 Å². The van der Waals surface area contributed by atoms with Crippen molar-refractivity contribution in [2.75, 3.05) is 11.4 Å². The number of nitrogens with zero attached hydrogens (tertiary/aromatic N) is 4. The van der Waals surface area contributed by atoms with E-state index >= 15 is 0 Å². The Kier molecular flexibility index (Phi) is 3.14. The molecule has 1 aromatic carbocycles. The lowest BCUT2D eigenvalue weighted by atomic mass is 9.99. The summed E-state index contributed by atoms with van der Waals surface area (Å²) in [6, 6.07) is 5.34. The number of carboxylic acids is 1. The molecule has 20 heavy (non-hydrogen) atoms. The third-order valence-electron chi connectivity index (χ3n) is 3.68. The largest absolute Gasteiger partial charge is 0.478 e. The van der Waals surface area contributed by atoms with Gasteiger partial charge < -0.3 is 10.0 Å². The van der Waals surface area contributed by atoms with Crippen molar-refractivity contribution in [1.29, 1.82) is 0 Å². The van der Waals surface area contributed by atoms with Crippen LogP contribution in [0.2, 0.25) is 0 Å². The second kappa shape index (κ2) is 4.96. The number of aromatic carboxylic acids is 1. The van der Waals surface area contributed by atoms with Gasteiger partial charge in [0.05, 0.1) is 12.1 Å². The Morgan fingerprint density at radius 3 is 3.00 bits per heavy atom. The van der Waals surface area contributed by atoms with Gasteiger partial charge in [-0.2, -0.15) is 5.10 Å². The SMILES string of the molecule is Cn1ncnc1CN1CCCc2cc(C(=O)O)ccc21. The number of benzene rings is 1. The predicted octanol–water partition coefficient (Wildman–Crippen LogP) is 1.47. The maximum atomic E-state index is 11.0. The quantitative estimate of drug-likeness (QED) is 0.916. The molecule has 6 heteroatoms. The van der Waals surface area contributed by atoms with Gasteiger partial charge in [0.15, 0.2) is 0 Å². The van der Waals surface area contributed by atoms with Gasteiger partial charge in [-0.05, 0) is 36.6 Å². The molecule has 0 bridgehead atoms. The number of carbonyl (C=O) groups is 1. The van der Waals surface area contributed by atoms with Crippen molar-refractivity contribution in [2.45, 2.75) is 19.4 Å². The summed E-state index contributed by atoms with van der Waals surface area (Å²) in [6.07, 6.45) is 3.49. The molecule has 1 aliphatic heterocycles. The minimum atomic E-state index is -0.877. The van der Waals surface area contributed by atoms with E-state index in [1.165, 1.54) is 0 Å². The summed E-state index contributed by atoms with van der Waals surface area (Å²) in [5, 5.41) is 13.1. The van der Waals surface area contributed by atoms with Crippen molar-refractivity contribution in [3.63, 3.8) is 0 Å². The van der Waals surface area contributed by atoms with Gasteiger partial charge in [0.1, 0.15) is 12.2 Å². The van der Waals surface area contributed by atoms with Crippen LogP contribution >= 0.6 is 0 Å². The zero-order valence-electron chi connectivity index (χ0n) is 11.3. The number of rotatable bonds is 3. The Morgan fingerprint density at radius 2 is 2.30 bits per heavy atom. The molecule has 0 atom stereocenters. The summed E-state index contributed by atoms with van der Waals surface area (Å²) in [6.45, 7) is 1.64. The molecule has 2 heterocycles. The van der Waals surface area contributed by atoms with Crippen LogP contribution in [-0.4, -0.2) is 32.4 Å². The van der Waals surface area contributed by atoms with E-state index in [4.69, 9.17) is 5.11 Å². The molecule has 0 spiro atoms. The van der Waals surface area contributed by atoms with Crippen LogP contribution in [-0.2, 0) is 20.0 Å². The average Bonchev–Trinajstić information content (AvgIpc) is 2.84. The molecule has 1 aromatic heterocycles. The van der Waals surface area contributed by atoms with Gasteiger partial charge in [0.2, 0.25) is 0 Å². The highest BCUT2D eigenvalue weighted by Gasteiger charge is 2.19. The molecule has 104 valence electrons. The van der Waals surface area contributed by atoms with E-state index in [0.29, 0.717) is 12.1 Å². The van der Waals surface area contributed by atoms with Crippen molar-refractivity contribution in [1.82, 2.24) is 14.8 Å². The predicted molar refractivity (Wildman–Crippen MR) is 73.8 cm³/mol. The molecule has 6 nitrogen and oxygen atoms in total. The molecular weight excluding hydrogens is 256 g/mol. The van der Waals surface area contributed by atoms with Gasteiger partial charge >= 0.3 is 5.97 Å². The maximum absolute atomic E-state index is 11.0. The van der Waals surface area contributed by atoms with Crippen molar-refractivity contribution in [2.24, 2.45) is 7.05 Å². The molecule has 0 aliphatic carbocycles. The van der Waals surface area contributed by atoms with Gasteiger partial charge in [0, 0.05) is 19.3 Å². The third-order valence-corrected chi connectivity index (χ3v) is 3.68. The van der Waals surface area contributed by atoms with Gasteiger partial charge in [-0.3, -0.25) is 4.68 Å². The van der Waals surface area contributed by atoms with Crippen LogP contribution in [0.5, 0.6) is 0 Å². The molecule has 0 radical (unpaired) electrons. The zero-order chi connectivity index (χ0) is 14.1. The molecule has 0 fully saturated rings. The first-order valence-corrected chi connectivity index (χ1v) is 6.59. The summed E-state index contributed by atoms with van der Waals surface area (Å²) < 4.78 is 1.76. The first-order valence-electron chi connectivity index (χ1n) is 6.59. The number of aryl methyl sites for hydroxylation is 2. The summed E-state index contributed by atoms with van der Waals surface area (Å²) in [5.74, 6) is 0.0263. The fourth-order valence-electron chi connectivity index (χ4n) is 2.61. The first kappa shape index (κ1) is 12.7. The lowest BCUT2D eigenvalue weighted by Crippen LogP contribution is -2.30. The number of hydrogen-bond acceptors (Lipinski definition) is 4. The second-order valence-corrected chi connectivity index (χ2v) is 4.97. The molecule has 1 aliphatic rings. The first-order chi connectivity index (χ1) is 9.65. The van der Waals surface area contributed by atoms with Crippen LogP contribution in [0.1, 0.15) is 28.2 Å². The summed E-state index contributed by atoms with van der Waals surface area (Å²) >= 11 is 0. The number of fused-ring (bicyclic) bond motifs is 1. The Balaban J connectivity index is 1.90. The lowest BCUT2D eigenvalue weighted by molar-refractivity contribution is 0.0697. The van der Waals surface area contributed by atoms with E-state index < -0.39 is 5.97 Å². The molecule has 1 N–H and O–H groups in total. The van der Waals surface area contributed by atoms with Crippen LogP contribution in [0, 0.1) is 0 Å². The van der Waals surface area contributed by atoms with Crippen LogP contribution < -0.4 is 4.90 Å². The minimum Gasteiger partial charge on any atom is -0.478 e. The van der Waals surface area contributed by atoms with Gasteiger partial charge in [-0.25, -0.2) is 9.78 Å². The lowest BCUT2D eigenvalue weighted by Gasteiger charge is -2.31. The average molecular weight is 272 g/mol. The van der Waals surface area contributed by atoms with Crippen molar-refractivity contribution < 1.29 is 9.90 Å². The summed E-state index contributed by atoms with van der Waals surface area (Å²) in [7, 11) is 1.88. The summed E-state index contributed by atoms with van der Waals surface area (Å²) in [5.41, 5.74) is 2.55. The fraction of sp³-hybridized carbons (Fsp3) is 0.357. The van der Waals surface area contributed by atoms with Gasteiger partial charge in [-0.15, -0.1) is 0 Å². The van der Waals surface area contributed by atoms with Gasteiger partial charge in [-0.1, -0.05) is 0 Å². The standard InChI is InChI=1S/C14H16N4O2/c1-17-13(15-9-16-17)8-18-6-2-3-10-7-11(14(19)20)4-5-12(10)18/h4-5,7,9H,2-3,6,8H2,1H3,(H,19,20). The third kappa shape index (κ3) is 2.24. The molecule has 0 saturated heterocycles. The van der Waals surface area contributed by atoms with Crippen molar-refractivity contribution >= 4 is 11.7 Å². The zero-order valence-corrected chi connectivity index (χ0v) is 11.3. The van der Waals surface area contributed by atoms with Crippen LogP contribution in [0.3, 0.4) is 0 Å². The molecule has 0 saturated carbocycles. The second-order valence-electron chi connectivity index (χ2n) is 4.97. The van der Waals surface area contributed by atoms with E-state index in [2.05, 4.69) is 15.0 Å². The Hall–Kier alpha value is -2.37. The van der Waals surface area contributed by atoms with E-state index in [1.807, 2.05) is 13.1 Å². The number of carboxylic acid groups (broad SMARTS) is 1. The normalized spacial score (nSPS) is 14.2. The number of anilines is 1. The molecule has 0 unspecified atom stereocenters. The molecular formula is C14H16N4O2. The Labute approximate surface area is 116 Å². The highest BCUT2D eigenvalue weighted by Crippen LogP contribution is 2.29. The summed E-state index contributed by atoms with van der Waals surface area (Å²) in [4.78, 5) is 17.5. The maximum Gasteiger partial charge on any atom is 0.335 e. The fourth-order valence-corrected chi connectivity index (χ4v) is 2.61. The highest BCUT2D eigenvalue weighted by atomic mass is 16.4. The minimum absolute atomic E-state index is 0.351. The molecule has 3 rings (SSSR count). The smallest absolute Gasteiger partial charge is 0.335 e. The molecule has 2 aromatic rings. The monoisotopic (exact) mass is 272 g/mol. The van der Waals surface area contributed by atoms with Crippen molar-refractivity contribution in [3.8, 4) is 0 Å². The topological polar surface area (TPSA) is 71.2 Å². The Morgan fingerprint density at radius 1 is 1.45 bits per heavy atom. The number of hydrogen-bond donors (Lipinski definition) is 1. The van der Waals surface area contributed by atoms with Crippen LogP contribution in [0.25, 0.3) is 0 Å². The van der Waals surface area contributed by atoms with E-state index in [-0.39, 0.29) is 0 Å². The Bertz CT molecular complexity index is 650. The van der Waals surface area contributed by atoms with Gasteiger partial charge in [0.25, 0.3) is 0 Å². The van der Waals surface area contributed by atoms with Crippen LogP contribution in [0.4, 0.5) is 5.69 Å².